The van der Waals surface area contributed by atoms with Crippen LogP contribution in [0.4, 0.5) is 0 Å². The number of benzene rings is 1. The third-order valence-electron chi connectivity index (χ3n) is 2.66. The molecule has 6 heteroatoms. The van der Waals surface area contributed by atoms with Gasteiger partial charge in [-0.1, -0.05) is 11.6 Å². The van der Waals surface area contributed by atoms with E-state index in [-0.39, 0.29) is 10.3 Å². The maximum Gasteiger partial charge on any atom is 0.257 e. The van der Waals surface area contributed by atoms with Crippen molar-refractivity contribution in [2.24, 2.45) is 4.40 Å². The number of hydrogen-bond donors (Lipinski definition) is 1. The predicted octanol–water partition coefficient (Wildman–Crippen LogP) is 4.06. The molecule has 0 bridgehead atoms. The SMILES string of the molecule is COc1cc2[nH]c(=O)c(C=NSC(C)(C)C)cc2cc1Cl. The van der Waals surface area contributed by atoms with E-state index in [4.69, 9.17) is 16.3 Å². The van der Waals surface area contributed by atoms with Gasteiger partial charge in [-0.15, -0.1) is 0 Å². The van der Waals surface area contributed by atoms with Crippen LogP contribution in [0.1, 0.15) is 26.3 Å². The highest BCUT2D eigenvalue weighted by molar-refractivity contribution is 7.99. The summed E-state index contributed by atoms with van der Waals surface area (Å²) in [6, 6.07) is 5.25. The van der Waals surface area contributed by atoms with Crippen LogP contribution >= 0.6 is 23.5 Å². The molecule has 21 heavy (non-hydrogen) atoms. The fraction of sp³-hybridized carbons (Fsp3) is 0.333. The number of nitrogens with zero attached hydrogens (tertiary/aromatic N) is 1. The Hall–Kier alpha value is -1.46. The molecule has 1 aromatic carbocycles. The summed E-state index contributed by atoms with van der Waals surface area (Å²) in [5.74, 6) is 0.532. The highest BCUT2D eigenvalue weighted by Gasteiger charge is 2.10. The highest BCUT2D eigenvalue weighted by Crippen LogP contribution is 2.28. The molecule has 0 saturated heterocycles. The molecule has 1 N–H and O–H groups in total. The number of nitrogens with one attached hydrogen (secondary N) is 1. The van der Waals surface area contributed by atoms with Crippen LogP contribution in [0.5, 0.6) is 5.75 Å². The van der Waals surface area contributed by atoms with Gasteiger partial charge in [0, 0.05) is 22.4 Å². The number of pyridine rings is 1. The second-order valence-corrected chi connectivity index (χ2v) is 7.59. The summed E-state index contributed by atoms with van der Waals surface area (Å²) in [5, 5.41) is 1.34. The molecular formula is C15H17ClN2O2S. The van der Waals surface area contributed by atoms with Crippen molar-refractivity contribution in [1.29, 1.82) is 0 Å². The minimum absolute atomic E-state index is 0.0107. The van der Waals surface area contributed by atoms with Crippen molar-refractivity contribution >= 4 is 40.7 Å². The van der Waals surface area contributed by atoms with Gasteiger partial charge in [0.25, 0.3) is 5.56 Å². The maximum atomic E-state index is 12.0. The summed E-state index contributed by atoms with van der Waals surface area (Å²) in [6.07, 6.45) is 1.58. The molecule has 0 aliphatic carbocycles. The Morgan fingerprint density at radius 3 is 2.67 bits per heavy atom. The van der Waals surface area contributed by atoms with E-state index in [1.807, 2.05) is 0 Å². The number of ether oxygens (including phenoxy) is 1. The lowest BCUT2D eigenvalue weighted by Gasteiger charge is -2.12. The van der Waals surface area contributed by atoms with E-state index in [1.165, 1.54) is 19.1 Å². The highest BCUT2D eigenvalue weighted by atomic mass is 35.5. The lowest BCUT2D eigenvalue weighted by atomic mass is 10.1. The normalized spacial score (nSPS) is 12.2. The van der Waals surface area contributed by atoms with Crippen LogP contribution in [0, 0.1) is 0 Å². The summed E-state index contributed by atoms with van der Waals surface area (Å²) in [6.45, 7) is 6.18. The number of H-pyrrole nitrogens is 1. The minimum atomic E-state index is -0.190. The van der Waals surface area contributed by atoms with E-state index in [2.05, 4.69) is 30.2 Å². The van der Waals surface area contributed by atoms with Crippen molar-refractivity contribution in [3.8, 4) is 5.75 Å². The van der Waals surface area contributed by atoms with Crippen molar-refractivity contribution in [2.75, 3.05) is 7.11 Å². The summed E-state index contributed by atoms with van der Waals surface area (Å²) in [7, 11) is 1.54. The Morgan fingerprint density at radius 1 is 1.33 bits per heavy atom. The standard InChI is InChI=1S/C15H17ClN2O2S/c1-15(2,3)21-17-8-10-5-9-6-11(16)13(20-4)7-12(9)18-14(10)19/h5-8H,1-4H3,(H,18,19). The summed E-state index contributed by atoms with van der Waals surface area (Å²) in [4.78, 5) is 14.9. The molecule has 0 aliphatic heterocycles. The van der Waals surface area contributed by atoms with E-state index in [0.717, 1.165) is 5.39 Å². The second kappa shape index (κ2) is 6.12. The predicted molar refractivity (Wildman–Crippen MR) is 91.1 cm³/mol. The van der Waals surface area contributed by atoms with E-state index in [9.17, 15) is 4.79 Å². The largest absolute Gasteiger partial charge is 0.495 e. The van der Waals surface area contributed by atoms with Gasteiger partial charge in [0.05, 0.1) is 23.2 Å². The Kier molecular flexibility index (Phi) is 4.64. The van der Waals surface area contributed by atoms with Crippen LogP contribution in [0.25, 0.3) is 10.9 Å². The van der Waals surface area contributed by atoms with Crippen molar-refractivity contribution in [1.82, 2.24) is 4.98 Å². The van der Waals surface area contributed by atoms with Gasteiger partial charge in [-0.05, 0) is 44.9 Å². The monoisotopic (exact) mass is 324 g/mol. The number of hydrogen-bond acceptors (Lipinski definition) is 4. The lowest BCUT2D eigenvalue weighted by Crippen LogP contribution is -2.12. The smallest absolute Gasteiger partial charge is 0.257 e. The number of aromatic amines is 1. The van der Waals surface area contributed by atoms with Crippen LogP contribution in [-0.2, 0) is 0 Å². The fourth-order valence-electron chi connectivity index (χ4n) is 1.72. The van der Waals surface area contributed by atoms with Crippen molar-refractivity contribution in [2.45, 2.75) is 25.5 Å². The molecule has 1 aromatic heterocycles. The van der Waals surface area contributed by atoms with E-state index >= 15 is 0 Å². The average molecular weight is 325 g/mol. The van der Waals surface area contributed by atoms with Gasteiger partial charge in [-0.2, -0.15) is 0 Å². The summed E-state index contributed by atoms with van der Waals surface area (Å²) < 4.78 is 9.40. The fourth-order valence-corrected chi connectivity index (χ4v) is 2.45. The van der Waals surface area contributed by atoms with Gasteiger partial charge >= 0.3 is 0 Å². The third kappa shape index (κ3) is 4.02. The van der Waals surface area contributed by atoms with Crippen LogP contribution in [-0.4, -0.2) is 23.1 Å². The molecule has 0 radical (unpaired) electrons. The van der Waals surface area contributed by atoms with Gasteiger partial charge in [-0.25, -0.2) is 4.40 Å². The zero-order chi connectivity index (χ0) is 15.6. The maximum absolute atomic E-state index is 12.0. The zero-order valence-electron chi connectivity index (χ0n) is 12.4. The first-order chi connectivity index (χ1) is 9.80. The van der Waals surface area contributed by atoms with Gasteiger partial charge in [-0.3, -0.25) is 4.79 Å². The summed E-state index contributed by atoms with van der Waals surface area (Å²) >= 11 is 7.53. The van der Waals surface area contributed by atoms with Crippen LogP contribution in [0.2, 0.25) is 5.02 Å². The Morgan fingerprint density at radius 2 is 2.05 bits per heavy atom. The van der Waals surface area contributed by atoms with Crippen LogP contribution in [0.15, 0.2) is 27.4 Å². The van der Waals surface area contributed by atoms with Crippen LogP contribution < -0.4 is 10.3 Å². The number of rotatable bonds is 3. The lowest BCUT2D eigenvalue weighted by molar-refractivity contribution is 0.415. The quantitative estimate of drug-likeness (QED) is 0.684. The number of methoxy groups -OCH3 is 1. The molecule has 0 aliphatic rings. The molecule has 2 rings (SSSR count). The molecule has 2 aromatic rings. The second-order valence-electron chi connectivity index (χ2n) is 5.57. The van der Waals surface area contributed by atoms with Crippen molar-refractivity contribution < 1.29 is 4.74 Å². The first kappa shape index (κ1) is 15.9. The first-order valence-electron chi connectivity index (χ1n) is 6.42. The molecule has 0 amide bonds. The van der Waals surface area contributed by atoms with Crippen molar-refractivity contribution in [3.05, 3.63) is 39.1 Å². The molecule has 0 fully saturated rings. The molecule has 0 saturated carbocycles. The molecule has 0 unspecified atom stereocenters. The molecule has 1 heterocycles. The molecule has 0 spiro atoms. The van der Waals surface area contributed by atoms with E-state index in [1.54, 1.807) is 24.4 Å². The molecule has 4 nitrogen and oxygen atoms in total. The van der Waals surface area contributed by atoms with Gasteiger partial charge in [0.2, 0.25) is 0 Å². The minimum Gasteiger partial charge on any atom is -0.495 e. The topological polar surface area (TPSA) is 54.5 Å². The molecular weight excluding hydrogens is 308 g/mol. The summed E-state index contributed by atoms with van der Waals surface area (Å²) in [5.41, 5.74) is 0.993. The van der Waals surface area contributed by atoms with E-state index in [0.29, 0.717) is 21.9 Å². The Bertz CT molecular complexity index is 748. The zero-order valence-corrected chi connectivity index (χ0v) is 13.9. The van der Waals surface area contributed by atoms with Crippen molar-refractivity contribution in [3.63, 3.8) is 0 Å². The van der Waals surface area contributed by atoms with Gasteiger partial charge < -0.3 is 9.72 Å². The molecule has 0 atom stereocenters. The average Bonchev–Trinajstić information content (AvgIpc) is 2.38. The Balaban J connectivity index is 2.43. The Labute approximate surface area is 132 Å². The molecule has 112 valence electrons. The number of aromatic nitrogens is 1. The number of halogens is 1. The third-order valence-corrected chi connectivity index (χ3v) is 3.72. The van der Waals surface area contributed by atoms with Gasteiger partial charge in [0.15, 0.2) is 0 Å². The number of fused-ring (bicyclic) bond motifs is 1. The van der Waals surface area contributed by atoms with Crippen LogP contribution in [0.3, 0.4) is 0 Å². The van der Waals surface area contributed by atoms with Gasteiger partial charge in [0.1, 0.15) is 5.75 Å². The van der Waals surface area contributed by atoms with E-state index < -0.39 is 0 Å². The first-order valence-corrected chi connectivity index (χ1v) is 7.57.